The van der Waals surface area contributed by atoms with Gasteiger partial charge in [0.05, 0.1) is 11.6 Å². The standard InChI is InChI=1S/C11H14FNOS/c12-9-4-3-5-10(8-9)14-7-2-1-6-11(13)15/h3-5,8H,1-2,6-7H2,(H2,13,15). The summed E-state index contributed by atoms with van der Waals surface area (Å²) in [5.41, 5.74) is 5.35. The van der Waals surface area contributed by atoms with Crippen molar-refractivity contribution in [2.75, 3.05) is 6.61 Å². The number of ether oxygens (including phenoxy) is 1. The van der Waals surface area contributed by atoms with Gasteiger partial charge in [-0.05, 0) is 31.4 Å². The predicted octanol–water partition coefficient (Wildman–Crippen LogP) is 2.66. The third kappa shape index (κ3) is 5.32. The molecule has 0 aliphatic rings. The van der Waals surface area contributed by atoms with Crippen LogP contribution in [0.2, 0.25) is 0 Å². The van der Waals surface area contributed by atoms with Gasteiger partial charge in [-0.1, -0.05) is 18.3 Å². The first-order chi connectivity index (χ1) is 7.18. The highest BCUT2D eigenvalue weighted by Gasteiger charge is 1.96. The highest BCUT2D eigenvalue weighted by molar-refractivity contribution is 7.80. The minimum atomic E-state index is -0.282. The summed E-state index contributed by atoms with van der Waals surface area (Å²) in [7, 11) is 0. The van der Waals surface area contributed by atoms with Crippen LogP contribution in [0.5, 0.6) is 5.75 Å². The van der Waals surface area contributed by atoms with E-state index in [-0.39, 0.29) is 5.82 Å². The number of thiocarbonyl (C=S) groups is 1. The van der Waals surface area contributed by atoms with Gasteiger partial charge in [0.1, 0.15) is 11.6 Å². The second kappa shape index (κ2) is 6.35. The van der Waals surface area contributed by atoms with Crippen molar-refractivity contribution in [3.63, 3.8) is 0 Å². The average Bonchev–Trinajstić information content (AvgIpc) is 2.17. The second-order valence-electron chi connectivity index (χ2n) is 3.23. The Labute approximate surface area is 94.2 Å². The molecule has 2 nitrogen and oxygen atoms in total. The van der Waals surface area contributed by atoms with Crippen molar-refractivity contribution in [2.45, 2.75) is 19.3 Å². The van der Waals surface area contributed by atoms with Crippen LogP contribution >= 0.6 is 12.2 Å². The summed E-state index contributed by atoms with van der Waals surface area (Å²) >= 11 is 4.74. The fourth-order valence-electron chi connectivity index (χ4n) is 1.15. The van der Waals surface area contributed by atoms with E-state index in [1.807, 2.05) is 0 Å². The molecule has 0 aromatic heterocycles. The van der Waals surface area contributed by atoms with Gasteiger partial charge in [-0.15, -0.1) is 0 Å². The van der Waals surface area contributed by atoms with Crippen LogP contribution in [0, 0.1) is 5.82 Å². The number of halogens is 1. The first kappa shape index (κ1) is 11.9. The largest absolute Gasteiger partial charge is 0.493 e. The van der Waals surface area contributed by atoms with Gasteiger partial charge in [-0.2, -0.15) is 0 Å². The lowest BCUT2D eigenvalue weighted by molar-refractivity contribution is 0.306. The quantitative estimate of drug-likeness (QED) is 0.599. The fourth-order valence-corrected chi connectivity index (χ4v) is 1.29. The first-order valence-electron chi connectivity index (χ1n) is 4.85. The molecule has 1 rings (SSSR count). The molecule has 0 amide bonds. The second-order valence-corrected chi connectivity index (χ2v) is 3.75. The van der Waals surface area contributed by atoms with Crippen molar-refractivity contribution < 1.29 is 9.13 Å². The van der Waals surface area contributed by atoms with Crippen LogP contribution in [0.25, 0.3) is 0 Å². The van der Waals surface area contributed by atoms with Crippen LogP contribution in [0.3, 0.4) is 0 Å². The Kier molecular flexibility index (Phi) is 5.04. The summed E-state index contributed by atoms with van der Waals surface area (Å²) in [4.78, 5) is 0.528. The predicted molar refractivity (Wildman–Crippen MR) is 62.5 cm³/mol. The average molecular weight is 227 g/mol. The monoisotopic (exact) mass is 227 g/mol. The lowest BCUT2D eigenvalue weighted by Gasteiger charge is -2.05. The summed E-state index contributed by atoms with van der Waals surface area (Å²) in [6, 6.07) is 6.11. The maximum atomic E-state index is 12.7. The summed E-state index contributed by atoms with van der Waals surface area (Å²) in [5, 5.41) is 0. The zero-order valence-electron chi connectivity index (χ0n) is 8.41. The van der Waals surface area contributed by atoms with Crippen LogP contribution < -0.4 is 10.5 Å². The topological polar surface area (TPSA) is 35.2 Å². The SMILES string of the molecule is NC(=S)CCCCOc1cccc(F)c1. The number of hydrogen-bond acceptors (Lipinski definition) is 2. The molecule has 0 saturated carbocycles. The Morgan fingerprint density at radius 2 is 2.20 bits per heavy atom. The molecule has 2 N–H and O–H groups in total. The summed E-state index contributed by atoms with van der Waals surface area (Å²) in [6.45, 7) is 0.562. The van der Waals surface area contributed by atoms with Crippen LogP contribution in [0.1, 0.15) is 19.3 Å². The fraction of sp³-hybridized carbons (Fsp3) is 0.364. The molecule has 0 aliphatic carbocycles. The van der Waals surface area contributed by atoms with Crippen molar-refractivity contribution in [1.29, 1.82) is 0 Å². The molecule has 82 valence electrons. The van der Waals surface area contributed by atoms with Gasteiger partial charge in [-0.3, -0.25) is 0 Å². The van der Waals surface area contributed by atoms with E-state index in [4.69, 9.17) is 22.7 Å². The van der Waals surface area contributed by atoms with Gasteiger partial charge in [-0.25, -0.2) is 4.39 Å². The molecule has 0 atom stereocenters. The summed E-state index contributed by atoms with van der Waals surface area (Å²) < 4.78 is 18.1. The Balaban J connectivity index is 2.17. The molecule has 1 aromatic rings. The van der Waals surface area contributed by atoms with Crippen molar-refractivity contribution in [1.82, 2.24) is 0 Å². The molecule has 15 heavy (non-hydrogen) atoms. The first-order valence-corrected chi connectivity index (χ1v) is 5.26. The third-order valence-electron chi connectivity index (χ3n) is 1.88. The number of benzene rings is 1. The molecule has 0 radical (unpaired) electrons. The Morgan fingerprint density at radius 1 is 1.40 bits per heavy atom. The van der Waals surface area contributed by atoms with Crippen molar-refractivity contribution in [3.8, 4) is 5.75 Å². The highest BCUT2D eigenvalue weighted by Crippen LogP contribution is 2.12. The normalized spacial score (nSPS) is 9.93. The Hall–Kier alpha value is -1.16. The van der Waals surface area contributed by atoms with Gasteiger partial charge < -0.3 is 10.5 Å². The third-order valence-corrected chi connectivity index (χ3v) is 2.09. The van der Waals surface area contributed by atoms with E-state index >= 15 is 0 Å². The maximum Gasteiger partial charge on any atom is 0.126 e. The zero-order valence-corrected chi connectivity index (χ0v) is 9.23. The van der Waals surface area contributed by atoms with Crippen LogP contribution in [0.4, 0.5) is 4.39 Å². The maximum absolute atomic E-state index is 12.7. The van der Waals surface area contributed by atoms with Gasteiger partial charge in [0.2, 0.25) is 0 Å². The Bertz CT molecular complexity index is 330. The molecule has 4 heteroatoms. The molecule has 1 aromatic carbocycles. The minimum absolute atomic E-state index is 0.282. The molecule has 0 heterocycles. The minimum Gasteiger partial charge on any atom is -0.493 e. The number of hydrogen-bond donors (Lipinski definition) is 1. The van der Waals surface area contributed by atoms with Crippen LogP contribution in [-0.2, 0) is 0 Å². The lowest BCUT2D eigenvalue weighted by atomic mass is 10.2. The lowest BCUT2D eigenvalue weighted by Crippen LogP contribution is -2.08. The van der Waals surface area contributed by atoms with E-state index in [2.05, 4.69) is 0 Å². The molecule has 0 bridgehead atoms. The van der Waals surface area contributed by atoms with Crippen molar-refractivity contribution >= 4 is 17.2 Å². The Morgan fingerprint density at radius 3 is 2.87 bits per heavy atom. The van der Waals surface area contributed by atoms with Crippen LogP contribution in [-0.4, -0.2) is 11.6 Å². The molecule has 0 fully saturated rings. The number of rotatable bonds is 6. The van der Waals surface area contributed by atoms with E-state index in [9.17, 15) is 4.39 Å². The van der Waals surface area contributed by atoms with Gasteiger partial charge >= 0.3 is 0 Å². The van der Waals surface area contributed by atoms with E-state index in [1.54, 1.807) is 12.1 Å². The zero-order chi connectivity index (χ0) is 11.1. The van der Waals surface area contributed by atoms with Crippen molar-refractivity contribution in [3.05, 3.63) is 30.1 Å². The highest BCUT2D eigenvalue weighted by atomic mass is 32.1. The molecule has 0 spiro atoms. The summed E-state index contributed by atoms with van der Waals surface area (Å²) in [6.07, 6.45) is 2.51. The number of unbranched alkanes of at least 4 members (excludes halogenated alkanes) is 1. The van der Waals surface area contributed by atoms with Crippen molar-refractivity contribution in [2.24, 2.45) is 5.73 Å². The molecular formula is C11H14FNOS. The molecule has 0 saturated heterocycles. The molecular weight excluding hydrogens is 213 g/mol. The summed E-state index contributed by atoms with van der Waals surface area (Å²) in [5.74, 6) is 0.279. The van der Waals surface area contributed by atoms with E-state index < -0.39 is 0 Å². The van der Waals surface area contributed by atoms with Crippen LogP contribution in [0.15, 0.2) is 24.3 Å². The van der Waals surface area contributed by atoms with E-state index in [1.165, 1.54) is 12.1 Å². The van der Waals surface area contributed by atoms with E-state index in [0.717, 1.165) is 19.3 Å². The smallest absolute Gasteiger partial charge is 0.126 e. The van der Waals surface area contributed by atoms with Gasteiger partial charge in [0.25, 0.3) is 0 Å². The molecule has 0 unspecified atom stereocenters. The molecule has 0 aliphatic heterocycles. The van der Waals surface area contributed by atoms with E-state index in [0.29, 0.717) is 17.3 Å². The van der Waals surface area contributed by atoms with Gasteiger partial charge in [0, 0.05) is 6.07 Å². The number of nitrogens with two attached hydrogens (primary N) is 1. The van der Waals surface area contributed by atoms with Gasteiger partial charge in [0.15, 0.2) is 0 Å².